The zero-order chi connectivity index (χ0) is 13.1. The van der Waals surface area contributed by atoms with Crippen molar-refractivity contribution < 1.29 is 4.79 Å². The number of ketones is 1. The van der Waals surface area contributed by atoms with Gasteiger partial charge in [0.05, 0.1) is 0 Å². The van der Waals surface area contributed by atoms with Crippen molar-refractivity contribution in [1.82, 2.24) is 0 Å². The average molecular weight is 322 g/mol. The third kappa shape index (κ3) is 2.94. The molecule has 0 radical (unpaired) electrons. The molecule has 0 heterocycles. The lowest BCUT2D eigenvalue weighted by molar-refractivity contribution is 0.101. The molecular weight excluding hydrogens is 310 g/mol. The van der Waals surface area contributed by atoms with Gasteiger partial charge in [-0.25, -0.2) is 0 Å². The minimum Gasteiger partial charge on any atom is -0.398 e. The summed E-state index contributed by atoms with van der Waals surface area (Å²) in [5.74, 6) is -0.0120. The van der Waals surface area contributed by atoms with Gasteiger partial charge in [0.15, 0.2) is 5.78 Å². The monoisotopic (exact) mass is 321 g/mol. The molecule has 2 N–H and O–H groups in total. The Balaban J connectivity index is 2.33. The van der Waals surface area contributed by atoms with E-state index in [-0.39, 0.29) is 5.78 Å². The van der Waals surface area contributed by atoms with Crippen LogP contribution >= 0.6 is 27.7 Å². The minimum atomic E-state index is -0.0120. The maximum absolute atomic E-state index is 11.4. The molecule has 0 aliphatic carbocycles. The van der Waals surface area contributed by atoms with Gasteiger partial charge in [0.2, 0.25) is 0 Å². The first-order chi connectivity index (χ1) is 8.58. The van der Waals surface area contributed by atoms with Gasteiger partial charge >= 0.3 is 0 Å². The standard InChI is InChI=1S/C14H12BrNOS/c1-9(17)11-8-10(6-7-13(11)16)18-14-5-3-2-4-12(14)15/h2-8H,16H2,1H3. The molecule has 0 amide bonds. The van der Waals surface area contributed by atoms with Crippen molar-refractivity contribution in [3.05, 3.63) is 52.5 Å². The molecule has 0 unspecified atom stereocenters. The molecule has 0 aliphatic rings. The molecule has 92 valence electrons. The molecule has 18 heavy (non-hydrogen) atoms. The van der Waals surface area contributed by atoms with Gasteiger partial charge in [0.1, 0.15) is 0 Å². The van der Waals surface area contributed by atoms with E-state index in [0.29, 0.717) is 11.3 Å². The summed E-state index contributed by atoms with van der Waals surface area (Å²) in [7, 11) is 0. The van der Waals surface area contributed by atoms with E-state index in [2.05, 4.69) is 15.9 Å². The van der Waals surface area contributed by atoms with E-state index in [9.17, 15) is 4.79 Å². The van der Waals surface area contributed by atoms with Crippen LogP contribution in [0.15, 0.2) is 56.7 Å². The fourth-order valence-corrected chi connectivity index (χ4v) is 2.96. The quantitative estimate of drug-likeness (QED) is 0.673. The molecule has 0 aromatic heterocycles. The third-order valence-corrected chi connectivity index (χ3v) is 4.49. The first-order valence-corrected chi connectivity index (χ1v) is 7.01. The minimum absolute atomic E-state index is 0.0120. The fourth-order valence-electron chi connectivity index (χ4n) is 1.56. The average Bonchev–Trinajstić information content (AvgIpc) is 2.34. The number of Topliss-reactive ketones (excluding diaryl/α,β-unsaturated/α-hetero) is 1. The summed E-state index contributed by atoms with van der Waals surface area (Å²) in [5, 5.41) is 0. The van der Waals surface area contributed by atoms with E-state index < -0.39 is 0 Å². The van der Waals surface area contributed by atoms with Crippen LogP contribution in [0, 0.1) is 0 Å². The predicted molar refractivity (Wildman–Crippen MR) is 79.1 cm³/mol. The molecule has 4 heteroatoms. The lowest BCUT2D eigenvalue weighted by Crippen LogP contribution is -1.99. The molecule has 0 saturated heterocycles. The summed E-state index contributed by atoms with van der Waals surface area (Å²) in [5.41, 5.74) is 6.88. The van der Waals surface area contributed by atoms with Gasteiger partial charge in [-0.2, -0.15) is 0 Å². The second-order valence-corrected chi connectivity index (χ2v) is 5.81. The number of carbonyl (C=O) groups is 1. The Hall–Kier alpha value is -1.26. The van der Waals surface area contributed by atoms with Crippen LogP contribution in [0.2, 0.25) is 0 Å². The molecule has 2 aromatic rings. The van der Waals surface area contributed by atoms with Crippen molar-refractivity contribution >= 4 is 39.2 Å². The van der Waals surface area contributed by atoms with E-state index in [1.54, 1.807) is 17.8 Å². The van der Waals surface area contributed by atoms with E-state index in [1.165, 1.54) is 6.92 Å². The highest BCUT2D eigenvalue weighted by Crippen LogP contribution is 2.34. The summed E-state index contributed by atoms with van der Waals surface area (Å²) in [4.78, 5) is 13.5. The Bertz CT molecular complexity index is 598. The van der Waals surface area contributed by atoms with E-state index in [1.807, 2.05) is 36.4 Å². The predicted octanol–water partition coefficient (Wildman–Crippen LogP) is 4.39. The molecule has 0 bridgehead atoms. The maximum atomic E-state index is 11.4. The topological polar surface area (TPSA) is 43.1 Å². The molecule has 0 aliphatic heterocycles. The van der Waals surface area contributed by atoms with Gasteiger partial charge in [-0.05, 0) is 53.2 Å². The van der Waals surface area contributed by atoms with Crippen LogP contribution in [0.4, 0.5) is 5.69 Å². The van der Waals surface area contributed by atoms with Gasteiger partial charge in [-0.3, -0.25) is 4.79 Å². The number of hydrogen-bond acceptors (Lipinski definition) is 3. The van der Waals surface area contributed by atoms with E-state index in [4.69, 9.17) is 5.73 Å². The third-order valence-electron chi connectivity index (χ3n) is 2.47. The van der Waals surface area contributed by atoms with Crippen molar-refractivity contribution in [2.75, 3.05) is 5.73 Å². The Labute approximate surface area is 119 Å². The van der Waals surface area contributed by atoms with Gasteiger partial charge in [0, 0.05) is 25.5 Å². The van der Waals surface area contributed by atoms with Gasteiger partial charge in [-0.15, -0.1) is 0 Å². The van der Waals surface area contributed by atoms with Crippen LogP contribution in [0.3, 0.4) is 0 Å². The van der Waals surface area contributed by atoms with Crippen LogP contribution in [0.1, 0.15) is 17.3 Å². The normalized spacial score (nSPS) is 10.3. The van der Waals surface area contributed by atoms with Gasteiger partial charge < -0.3 is 5.73 Å². The highest BCUT2D eigenvalue weighted by Gasteiger charge is 2.07. The smallest absolute Gasteiger partial charge is 0.161 e. The van der Waals surface area contributed by atoms with Crippen LogP contribution in [0.25, 0.3) is 0 Å². The molecular formula is C14H12BrNOS. The Kier molecular flexibility index (Phi) is 4.09. The second-order valence-electron chi connectivity index (χ2n) is 3.84. The SMILES string of the molecule is CC(=O)c1cc(Sc2ccccc2Br)ccc1N. The van der Waals surface area contributed by atoms with Crippen molar-refractivity contribution in [2.24, 2.45) is 0 Å². The summed E-state index contributed by atoms with van der Waals surface area (Å²) in [6.45, 7) is 1.53. The summed E-state index contributed by atoms with van der Waals surface area (Å²) in [6, 6.07) is 13.5. The summed E-state index contributed by atoms with van der Waals surface area (Å²) < 4.78 is 1.04. The second kappa shape index (κ2) is 5.59. The molecule has 2 nitrogen and oxygen atoms in total. The van der Waals surface area contributed by atoms with Crippen LogP contribution in [-0.4, -0.2) is 5.78 Å². The number of benzene rings is 2. The molecule has 0 spiro atoms. The zero-order valence-corrected chi connectivity index (χ0v) is 12.2. The van der Waals surface area contributed by atoms with E-state index in [0.717, 1.165) is 14.3 Å². The highest BCUT2D eigenvalue weighted by molar-refractivity contribution is 9.10. The van der Waals surface area contributed by atoms with Gasteiger partial charge in [-0.1, -0.05) is 23.9 Å². The van der Waals surface area contributed by atoms with Crippen LogP contribution in [0.5, 0.6) is 0 Å². The Morgan fingerprint density at radius 2 is 1.94 bits per heavy atom. The number of anilines is 1. The maximum Gasteiger partial charge on any atom is 0.161 e. The zero-order valence-electron chi connectivity index (χ0n) is 9.81. The van der Waals surface area contributed by atoms with Crippen molar-refractivity contribution in [1.29, 1.82) is 0 Å². The summed E-state index contributed by atoms with van der Waals surface area (Å²) in [6.07, 6.45) is 0. The van der Waals surface area contributed by atoms with Crippen molar-refractivity contribution in [3.63, 3.8) is 0 Å². The lowest BCUT2D eigenvalue weighted by atomic mass is 10.1. The first kappa shape index (κ1) is 13.2. The number of carbonyl (C=O) groups excluding carboxylic acids is 1. The number of rotatable bonds is 3. The summed E-state index contributed by atoms with van der Waals surface area (Å²) >= 11 is 5.10. The number of hydrogen-bond donors (Lipinski definition) is 1. The Morgan fingerprint density at radius 3 is 2.61 bits per heavy atom. The van der Waals surface area contributed by atoms with Gasteiger partial charge in [0.25, 0.3) is 0 Å². The van der Waals surface area contributed by atoms with Crippen molar-refractivity contribution in [3.8, 4) is 0 Å². The molecule has 2 aromatic carbocycles. The first-order valence-electron chi connectivity index (χ1n) is 5.41. The molecule has 2 rings (SSSR count). The number of nitrogen functional groups attached to an aromatic ring is 1. The molecule has 0 atom stereocenters. The van der Waals surface area contributed by atoms with Crippen molar-refractivity contribution in [2.45, 2.75) is 16.7 Å². The number of halogens is 1. The number of nitrogens with two attached hydrogens (primary N) is 1. The molecule has 0 saturated carbocycles. The fraction of sp³-hybridized carbons (Fsp3) is 0.0714. The highest BCUT2D eigenvalue weighted by atomic mass is 79.9. The largest absolute Gasteiger partial charge is 0.398 e. The Morgan fingerprint density at radius 1 is 1.22 bits per heavy atom. The van der Waals surface area contributed by atoms with Crippen LogP contribution in [-0.2, 0) is 0 Å². The van der Waals surface area contributed by atoms with Crippen LogP contribution < -0.4 is 5.73 Å². The van der Waals surface area contributed by atoms with E-state index >= 15 is 0 Å². The molecule has 0 fully saturated rings. The lowest BCUT2D eigenvalue weighted by Gasteiger charge is -2.07.